The predicted molar refractivity (Wildman–Crippen MR) is 92.7 cm³/mol. The van der Waals surface area contributed by atoms with E-state index in [1.807, 2.05) is 19.9 Å². The molecule has 1 aliphatic rings. The molecule has 24 heavy (non-hydrogen) atoms. The highest BCUT2D eigenvalue weighted by Crippen LogP contribution is 2.43. The van der Waals surface area contributed by atoms with Crippen LogP contribution in [0.1, 0.15) is 43.1 Å². The van der Waals surface area contributed by atoms with Crippen molar-refractivity contribution in [1.82, 2.24) is 0 Å². The molecule has 0 aromatic heterocycles. The SMILES string of the molecule is CC(C)=CCc1c(O)ccc2c1O[C@@H](c1ccc(O)cc1O)CC2. The molecule has 2 aromatic rings. The minimum atomic E-state index is -0.301. The highest BCUT2D eigenvalue weighted by molar-refractivity contribution is 5.52. The lowest BCUT2D eigenvalue weighted by molar-refractivity contribution is 0.170. The summed E-state index contributed by atoms with van der Waals surface area (Å²) in [6, 6.07) is 8.15. The fraction of sp³-hybridized carbons (Fsp3) is 0.300. The van der Waals surface area contributed by atoms with Crippen LogP contribution < -0.4 is 4.74 Å². The van der Waals surface area contributed by atoms with E-state index >= 15 is 0 Å². The van der Waals surface area contributed by atoms with Crippen molar-refractivity contribution in [3.8, 4) is 23.0 Å². The standard InChI is InChI=1S/C20H22O4/c1-12(2)3-7-16-17(22)9-4-13-5-10-19(24-20(13)16)15-8-6-14(21)11-18(15)23/h3-4,6,8-9,11,19,21-23H,5,7,10H2,1-2H3/t19-/m1/s1. The summed E-state index contributed by atoms with van der Waals surface area (Å²) >= 11 is 0. The van der Waals surface area contributed by atoms with E-state index in [0.29, 0.717) is 17.7 Å². The molecule has 1 heterocycles. The first kappa shape index (κ1) is 16.2. The number of hydrogen-bond acceptors (Lipinski definition) is 4. The Labute approximate surface area is 141 Å². The quantitative estimate of drug-likeness (QED) is 0.732. The largest absolute Gasteiger partial charge is 0.508 e. The molecule has 0 radical (unpaired) electrons. The molecule has 1 aliphatic heterocycles. The number of phenolic OH excluding ortho intramolecular Hbond substituents is 3. The fourth-order valence-electron chi connectivity index (χ4n) is 3.02. The number of aryl methyl sites for hydroxylation is 1. The van der Waals surface area contributed by atoms with E-state index in [9.17, 15) is 15.3 Å². The van der Waals surface area contributed by atoms with Gasteiger partial charge in [-0.3, -0.25) is 0 Å². The van der Waals surface area contributed by atoms with Gasteiger partial charge in [0.25, 0.3) is 0 Å². The average Bonchev–Trinajstić information content (AvgIpc) is 2.53. The van der Waals surface area contributed by atoms with Gasteiger partial charge in [0.2, 0.25) is 0 Å². The fourth-order valence-corrected chi connectivity index (χ4v) is 3.02. The molecule has 0 spiro atoms. The lowest BCUT2D eigenvalue weighted by atomic mass is 9.93. The second-order valence-corrected chi connectivity index (χ2v) is 6.43. The van der Waals surface area contributed by atoms with Crippen LogP contribution in [0, 0.1) is 0 Å². The van der Waals surface area contributed by atoms with Gasteiger partial charge in [0.1, 0.15) is 29.1 Å². The van der Waals surface area contributed by atoms with Gasteiger partial charge in [-0.2, -0.15) is 0 Å². The number of rotatable bonds is 3. The molecule has 0 unspecified atom stereocenters. The molecular weight excluding hydrogens is 304 g/mol. The lowest BCUT2D eigenvalue weighted by Crippen LogP contribution is -2.16. The van der Waals surface area contributed by atoms with Crippen LogP contribution in [0.4, 0.5) is 0 Å². The Morgan fingerprint density at radius 2 is 1.92 bits per heavy atom. The highest BCUT2D eigenvalue weighted by atomic mass is 16.5. The van der Waals surface area contributed by atoms with Crippen LogP contribution in [-0.4, -0.2) is 15.3 Å². The van der Waals surface area contributed by atoms with Gasteiger partial charge in [0.05, 0.1) is 0 Å². The summed E-state index contributed by atoms with van der Waals surface area (Å²) in [5.74, 6) is 0.974. The van der Waals surface area contributed by atoms with E-state index in [4.69, 9.17) is 4.74 Å². The van der Waals surface area contributed by atoms with Gasteiger partial charge < -0.3 is 20.1 Å². The number of ether oxygens (including phenoxy) is 1. The average molecular weight is 326 g/mol. The molecule has 0 amide bonds. The molecule has 0 aliphatic carbocycles. The Hall–Kier alpha value is -2.62. The summed E-state index contributed by atoms with van der Waals surface area (Å²) in [5, 5.41) is 29.8. The van der Waals surface area contributed by atoms with Crippen molar-refractivity contribution in [1.29, 1.82) is 0 Å². The van der Waals surface area contributed by atoms with Crippen LogP contribution in [-0.2, 0) is 12.8 Å². The van der Waals surface area contributed by atoms with E-state index < -0.39 is 0 Å². The Balaban J connectivity index is 1.96. The second kappa shape index (κ2) is 6.48. The van der Waals surface area contributed by atoms with Crippen molar-refractivity contribution in [2.75, 3.05) is 0 Å². The number of aromatic hydroxyl groups is 3. The minimum Gasteiger partial charge on any atom is -0.508 e. The molecule has 4 heteroatoms. The van der Waals surface area contributed by atoms with Crippen LogP contribution in [0.5, 0.6) is 23.0 Å². The van der Waals surface area contributed by atoms with Gasteiger partial charge >= 0.3 is 0 Å². The Morgan fingerprint density at radius 1 is 1.12 bits per heavy atom. The number of hydrogen-bond donors (Lipinski definition) is 3. The van der Waals surface area contributed by atoms with E-state index in [1.165, 1.54) is 11.6 Å². The summed E-state index contributed by atoms with van der Waals surface area (Å²) in [7, 11) is 0. The monoisotopic (exact) mass is 326 g/mol. The van der Waals surface area contributed by atoms with Crippen molar-refractivity contribution < 1.29 is 20.1 Å². The number of phenols is 3. The summed E-state index contributed by atoms with van der Waals surface area (Å²) in [6.45, 7) is 4.04. The molecule has 126 valence electrons. The Morgan fingerprint density at radius 3 is 2.62 bits per heavy atom. The number of allylic oxidation sites excluding steroid dienone is 2. The highest BCUT2D eigenvalue weighted by Gasteiger charge is 2.26. The minimum absolute atomic E-state index is 0.0225. The van der Waals surface area contributed by atoms with Gasteiger partial charge in [0, 0.05) is 17.2 Å². The zero-order chi connectivity index (χ0) is 17.3. The first-order valence-electron chi connectivity index (χ1n) is 8.11. The third kappa shape index (κ3) is 3.18. The third-order valence-corrected chi connectivity index (χ3v) is 4.33. The molecule has 0 saturated carbocycles. The van der Waals surface area contributed by atoms with Crippen molar-refractivity contribution in [2.24, 2.45) is 0 Å². The van der Waals surface area contributed by atoms with Gasteiger partial charge in [-0.15, -0.1) is 0 Å². The zero-order valence-corrected chi connectivity index (χ0v) is 13.9. The molecule has 3 rings (SSSR count). The summed E-state index contributed by atoms with van der Waals surface area (Å²) in [4.78, 5) is 0. The maximum atomic E-state index is 10.2. The van der Waals surface area contributed by atoms with Gasteiger partial charge in [-0.25, -0.2) is 0 Å². The Bertz CT molecular complexity index is 788. The van der Waals surface area contributed by atoms with Crippen LogP contribution in [0.3, 0.4) is 0 Å². The van der Waals surface area contributed by atoms with Crippen LogP contribution in [0.15, 0.2) is 42.0 Å². The third-order valence-electron chi connectivity index (χ3n) is 4.33. The van der Waals surface area contributed by atoms with E-state index in [1.54, 1.807) is 18.2 Å². The number of benzene rings is 2. The van der Waals surface area contributed by atoms with Crippen molar-refractivity contribution in [3.05, 3.63) is 58.7 Å². The van der Waals surface area contributed by atoms with E-state index in [0.717, 1.165) is 24.0 Å². The zero-order valence-electron chi connectivity index (χ0n) is 13.9. The smallest absolute Gasteiger partial charge is 0.130 e. The number of fused-ring (bicyclic) bond motifs is 1. The molecule has 3 N–H and O–H groups in total. The van der Waals surface area contributed by atoms with Crippen LogP contribution >= 0.6 is 0 Å². The van der Waals surface area contributed by atoms with Crippen molar-refractivity contribution in [3.63, 3.8) is 0 Å². The summed E-state index contributed by atoms with van der Waals surface area (Å²) < 4.78 is 6.15. The van der Waals surface area contributed by atoms with E-state index in [-0.39, 0.29) is 23.4 Å². The van der Waals surface area contributed by atoms with Crippen LogP contribution in [0.25, 0.3) is 0 Å². The first-order chi connectivity index (χ1) is 11.5. The first-order valence-corrected chi connectivity index (χ1v) is 8.11. The van der Waals surface area contributed by atoms with Crippen molar-refractivity contribution >= 4 is 0 Å². The molecule has 0 saturated heterocycles. The van der Waals surface area contributed by atoms with Crippen molar-refractivity contribution in [2.45, 2.75) is 39.2 Å². The molecule has 4 nitrogen and oxygen atoms in total. The van der Waals surface area contributed by atoms with Gasteiger partial charge in [-0.1, -0.05) is 17.7 Å². The van der Waals surface area contributed by atoms with Gasteiger partial charge in [-0.05, 0) is 56.9 Å². The lowest BCUT2D eigenvalue weighted by Gasteiger charge is -2.29. The molecule has 0 bridgehead atoms. The Kier molecular flexibility index (Phi) is 4.38. The second-order valence-electron chi connectivity index (χ2n) is 6.43. The maximum Gasteiger partial charge on any atom is 0.130 e. The maximum absolute atomic E-state index is 10.2. The molecular formula is C20H22O4. The molecule has 1 atom stereocenters. The van der Waals surface area contributed by atoms with Gasteiger partial charge in [0.15, 0.2) is 0 Å². The summed E-state index contributed by atoms with van der Waals surface area (Å²) in [6.07, 6.45) is 3.90. The van der Waals surface area contributed by atoms with Crippen LogP contribution in [0.2, 0.25) is 0 Å². The molecule has 0 fully saturated rings. The predicted octanol–water partition coefficient (Wildman–Crippen LogP) is 4.38. The van der Waals surface area contributed by atoms with E-state index in [2.05, 4.69) is 6.08 Å². The normalized spacial score (nSPS) is 16.2. The molecule has 2 aromatic carbocycles. The topological polar surface area (TPSA) is 69.9 Å². The summed E-state index contributed by atoms with van der Waals surface area (Å²) in [5.41, 5.74) is 3.67.